The van der Waals surface area contributed by atoms with Crippen LogP contribution in [-0.2, 0) is 6.18 Å². The van der Waals surface area contributed by atoms with Crippen LogP contribution in [0.25, 0.3) is 11.3 Å². The maximum absolute atomic E-state index is 12.8. The lowest BCUT2D eigenvalue weighted by Crippen LogP contribution is -2.11. The summed E-state index contributed by atoms with van der Waals surface area (Å²) in [5.41, 5.74) is -1.86. The fourth-order valence-corrected chi connectivity index (χ4v) is 2.14. The van der Waals surface area contributed by atoms with Gasteiger partial charge in [-0.1, -0.05) is 23.2 Å². The average molecular weight is 336 g/mol. The van der Waals surface area contributed by atoms with Crippen molar-refractivity contribution >= 4 is 29.2 Å². The van der Waals surface area contributed by atoms with E-state index in [9.17, 15) is 18.0 Å². The summed E-state index contributed by atoms with van der Waals surface area (Å²) < 4.78 is 38.3. The van der Waals surface area contributed by atoms with Crippen LogP contribution >= 0.6 is 23.2 Å². The number of alkyl halides is 3. The van der Waals surface area contributed by atoms with Crippen molar-refractivity contribution in [2.45, 2.75) is 6.18 Å². The van der Waals surface area contributed by atoms with Crippen LogP contribution in [0, 0.1) is 0 Å². The Balaban J connectivity index is 2.68. The first kappa shape index (κ1) is 15.6. The monoisotopic (exact) mass is 335 g/mol. The molecule has 1 heterocycles. The SMILES string of the molecule is O=C(O)c1cc(-c2ccc(Cl)cc2Cl)nc(C(F)(F)F)c1. The smallest absolute Gasteiger partial charge is 0.433 e. The molecular weight excluding hydrogens is 330 g/mol. The maximum Gasteiger partial charge on any atom is 0.433 e. The highest BCUT2D eigenvalue weighted by Crippen LogP contribution is 2.34. The van der Waals surface area contributed by atoms with Crippen LogP contribution in [0.2, 0.25) is 10.0 Å². The van der Waals surface area contributed by atoms with E-state index >= 15 is 0 Å². The van der Waals surface area contributed by atoms with Gasteiger partial charge in [0.05, 0.1) is 16.3 Å². The number of halogens is 5. The van der Waals surface area contributed by atoms with Crippen LogP contribution in [0.15, 0.2) is 30.3 Å². The third kappa shape index (κ3) is 3.46. The Hall–Kier alpha value is -1.79. The van der Waals surface area contributed by atoms with E-state index in [1.54, 1.807) is 0 Å². The Morgan fingerprint density at radius 3 is 2.33 bits per heavy atom. The Bertz CT molecular complexity index is 717. The van der Waals surface area contributed by atoms with E-state index in [1.807, 2.05) is 0 Å². The summed E-state index contributed by atoms with van der Waals surface area (Å²) in [5.74, 6) is -1.49. The van der Waals surface area contributed by atoms with Gasteiger partial charge >= 0.3 is 12.1 Å². The minimum absolute atomic E-state index is 0.0747. The van der Waals surface area contributed by atoms with Crippen molar-refractivity contribution in [2.24, 2.45) is 0 Å². The molecule has 0 bridgehead atoms. The summed E-state index contributed by atoms with van der Waals surface area (Å²) in [6.45, 7) is 0. The van der Waals surface area contributed by atoms with Gasteiger partial charge in [-0.2, -0.15) is 13.2 Å². The molecule has 0 saturated heterocycles. The maximum atomic E-state index is 12.8. The second-order valence-electron chi connectivity index (χ2n) is 4.05. The van der Waals surface area contributed by atoms with Crippen LogP contribution in [0.4, 0.5) is 13.2 Å². The van der Waals surface area contributed by atoms with Gasteiger partial charge in [-0.3, -0.25) is 0 Å². The molecule has 0 aliphatic carbocycles. The summed E-state index contributed by atoms with van der Waals surface area (Å²) in [4.78, 5) is 14.4. The fourth-order valence-electron chi connectivity index (χ4n) is 1.63. The molecule has 1 aromatic heterocycles. The van der Waals surface area contributed by atoms with E-state index in [0.717, 1.165) is 6.07 Å². The molecule has 0 unspecified atom stereocenters. The van der Waals surface area contributed by atoms with Gasteiger partial charge in [-0.15, -0.1) is 0 Å². The molecule has 0 saturated carbocycles. The van der Waals surface area contributed by atoms with Crippen molar-refractivity contribution in [3.63, 3.8) is 0 Å². The van der Waals surface area contributed by atoms with Crippen molar-refractivity contribution in [3.8, 4) is 11.3 Å². The summed E-state index contributed by atoms with van der Waals surface area (Å²) in [7, 11) is 0. The minimum Gasteiger partial charge on any atom is -0.478 e. The molecule has 0 aliphatic rings. The lowest BCUT2D eigenvalue weighted by Gasteiger charge is -2.11. The Labute approximate surface area is 126 Å². The molecular formula is C13H6Cl2F3NO2. The van der Waals surface area contributed by atoms with Crippen LogP contribution in [-0.4, -0.2) is 16.1 Å². The number of carboxylic acids is 1. The number of aromatic carboxylic acids is 1. The highest BCUT2D eigenvalue weighted by Gasteiger charge is 2.34. The number of benzene rings is 1. The number of aromatic nitrogens is 1. The van der Waals surface area contributed by atoms with E-state index in [0.29, 0.717) is 11.1 Å². The molecule has 0 amide bonds. The number of hydrogen-bond acceptors (Lipinski definition) is 2. The molecule has 1 aromatic carbocycles. The van der Waals surface area contributed by atoms with E-state index < -0.39 is 23.4 Å². The summed E-state index contributed by atoms with van der Waals surface area (Å²) >= 11 is 11.6. The zero-order chi connectivity index (χ0) is 15.8. The van der Waals surface area contributed by atoms with Crippen molar-refractivity contribution in [1.29, 1.82) is 0 Å². The van der Waals surface area contributed by atoms with Gasteiger partial charge < -0.3 is 5.11 Å². The first-order chi connectivity index (χ1) is 9.68. The van der Waals surface area contributed by atoms with Crippen LogP contribution in [0.5, 0.6) is 0 Å². The molecule has 0 fully saturated rings. The third-order valence-corrected chi connectivity index (χ3v) is 3.12. The average Bonchev–Trinajstić information content (AvgIpc) is 2.37. The lowest BCUT2D eigenvalue weighted by atomic mass is 10.1. The summed E-state index contributed by atoms with van der Waals surface area (Å²) in [6.07, 6.45) is -4.76. The molecule has 21 heavy (non-hydrogen) atoms. The first-order valence-corrected chi connectivity index (χ1v) is 6.22. The lowest BCUT2D eigenvalue weighted by molar-refractivity contribution is -0.141. The van der Waals surface area contributed by atoms with Gasteiger partial charge in [0.1, 0.15) is 5.69 Å². The number of hydrogen-bond donors (Lipinski definition) is 1. The topological polar surface area (TPSA) is 50.2 Å². The molecule has 1 N–H and O–H groups in total. The van der Waals surface area contributed by atoms with Crippen molar-refractivity contribution in [3.05, 3.63) is 51.6 Å². The highest BCUT2D eigenvalue weighted by atomic mass is 35.5. The highest BCUT2D eigenvalue weighted by molar-refractivity contribution is 6.36. The van der Waals surface area contributed by atoms with Gasteiger partial charge in [-0.05, 0) is 30.3 Å². The third-order valence-electron chi connectivity index (χ3n) is 2.57. The van der Waals surface area contributed by atoms with Crippen LogP contribution in [0.1, 0.15) is 16.1 Å². The number of rotatable bonds is 2. The van der Waals surface area contributed by atoms with E-state index in [4.69, 9.17) is 28.3 Å². The predicted octanol–water partition coefficient (Wildman–Crippen LogP) is 4.77. The molecule has 0 spiro atoms. The molecule has 0 radical (unpaired) electrons. The number of carboxylic acid groups (broad SMARTS) is 1. The summed E-state index contributed by atoms with van der Waals surface area (Å²) in [6, 6.07) is 5.62. The molecule has 8 heteroatoms. The zero-order valence-electron chi connectivity index (χ0n) is 10.1. The number of pyridine rings is 1. The normalized spacial score (nSPS) is 11.5. The Morgan fingerprint density at radius 1 is 1.14 bits per heavy atom. The second-order valence-corrected chi connectivity index (χ2v) is 4.90. The van der Waals surface area contributed by atoms with E-state index in [1.165, 1.54) is 18.2 Å². The zero-order valence-corrected chi connectivity index (χ0v) is 11.6. The molecule has 110 valence electrons. The minimum atomic E-state index is -4.76. The molecule has 2 aromatic rings. The predicted molar refractivity (Wildman–Crippen MR) is 71.7 cm³/mol. The molecule has 3 nitrogen and oxygen atoms in total. The molecule has 0 aliphatic heterocycles. The summed E-state index contributed by atoms with van der Waals surface area (Å²) in [5, 5.41) is 9.29. The second kappa shape index (κ2) is 5.54. The quantitative estimate of drug-likeness (QED) is 0.859. The van der Waals surface area contributed by atoms with Gasteiger partial charge in [-0.25, -0.2) is 9.78 Å². The van der Waals surface area contributed by atoms with Crippen molar-refractivity contribution < 1.29 is 23.1 Å². The number of carbonyl (C=O) groups is 1. The van der Waals surface area contributed by atoms with Crippen molar-refractivity contribution in [2.75, 3.05) is 0 Å². The van der Waals surface area contributed by atoms with Gasteiger partial charge in [0.2, 0.25) is 0 Å². The van der Waals surface area contributed by atoms with E-state index in [-0.39, 0.29) is 16.3 Å². The number of nitrogens with zero attached hydrogens (tertiary/aromatic N) is 1. The van der Waals surface area contributed by atoms with E-state index in [2.05, 4.69) is 4.98 Å². The largest absolute Gasteiger partial charge is 0.478 e. The van der Waals surface area contributed by atoms with Gasteiger partial charge in [0, 0.05) is 10.6 Å². The molecule has 2 rings (SSSR count). The first-order valence-electron chi connectivity index (χ1n) is 5.46. The standard InChI is InChI=1S/C13H6Cl2F3NO2/c14-7-1-2-8(9(15)5-7)10-3-6(12(20)21)4-11(19-10)13(16,17)18/h1-5H,(H,20,21). The van der Waals surface area contributed by atoms with Crippen LogP contribution in [0.3, 0.4) is 0 Å². The fraction of sp³-hybridized carbons (Fsp3) is 0.0769. The van der Waals surface area contributed by atoms with Gasteiger partial charge in [0.25, 0.3) is 0 Å². The Morgan fingerprint density at radius 2 is 1.81 bits per heavy atom. The van der Waals surface area contributed by atoms with Crippen LogP contribution < -0.4 is 0 Å². The Kier molecular flexibility index (Phi) is 4.11. The molecule has 0 atom stereocenters. The van der Waals surface area contributed by atoms with Crippen molar-refractivity contribution in [1.82, 2.24) is 4.98 Å². The van der Waals surface area contributed by atoms with Gasteiger partial charge in [0.15, 0.2) is 0 Å².